The van der Waals surface area contributed by atoms with Gasteiger partial charge in [0.25, 0.3) is 0 Å². The lowest BCUT2D eigenvalue weighted by Gasteiger charge is -2.21. The maximum atomic E-state index is 12.6. The molecule has 166 valence electrons. The van der Waals surface area contributed by atoms with Crippen molar-refractivity contribution >= 4 is 11.9 Å². The molecule has 1 saturated heterocycles. The molecule has 1 aromatic rings. The third kappa shape index (κ3) is 6.54. The molecule has 2 N–H and O–H groups in total. The topological polar surface area (TPSA) is 75.2 Å². The van der Waals surface area contributed by atoms with Crippen molar-refractivity contribution in [3.05, 3.63) is 24.3 Å². The number of methoxy groups -OCH3 is 1. The summed E-state index contributed by atoms with van der Waals surface area (Å²) in [6, 6.07) is 7.87. The van der Waals surface area contributed by atoms with Gasteiger partial charge in [0.05, 0.1) is 13.7 Å². The highest BCUT2D eigenvalue weighted by Gasteiger charge is 2.32. The van der Waals surface area contributed by atoms with Crippen LogP contribution >= 0.6 is 0 Å². The van der Waals surface area contributed by atoms with Gasteiger partial charge < -0.3 is 25.0 Å². The quantitative estimate of drug-likeness (QED) is 0.368. The number of amides is 1. The molecule has 0 aromatic heterocycles. The minimum atomic E-state index is 0.261. The Morgan fingerprint density at radius 1 is 1.17 bits per heavy atom. The van der Waals surface area contributed by atoms with E-state index < -0.39 is 0 Å². The zero-order valence-electron chi connectivity index (χ0n) is 18.4. The molecule has 7 nitrogen and oxygen atoms in total. The van der Waals surface area contributed by atoms with Crippen LogP contribution in [0.3, 0.4) is 0 Å². The SMILES string of the molecule is CCNC(=NCCCOc1ccc(OC)cc1)NC1CCN(C(=O)C2CCCC2)C1. The first-order chi connectivity index (χ1) is 14.7. The second-order valence-electron chi connectivity index (χ2n) is 8.03. The molecule has 1 saturated carbocycles. The van der Waals surface area contributed by atoms with Crippen molar-refractivity contribution in [3.63, 3.8) is 0 Å². The summed E-state index contributed by atoms with van der Waals surface area (Å²) in [6.07, 6.45) is 6.34. The lowest BCUT2D eigenvalue weighted by atomic mass is 10.1. The van der Waals surface area contributed by atoms with Crippen LogP contribution in [0.1, 0.15) is 45.4 Å². The molecule has 0 bridgehead atoms. The zero-order valence-corrected chi connectivity index (χ0v) is 18.4. The van der Waals surface area contributed by atoms with E-state index in [1.807, 2.05) is 29.2 Å². The van der Waals surface area contributed by atoms with E-state index in [0.29, 0.717) is 19.1 Å². The fourth-order valence-corrected chi connectivity index (χ4v) is 4.14. The predicted molar refractivity (Wildman–Crippen MR) is 119 cm³/mol. The molecule has 7 heteroatoms. The number of guanidine groups is 1. The molecule has 1 atom stereocenters. The van der Waals surface area contributed by atoms with Crippen LogP contribution < -0.4 is 20.1 Å². The van der Waals surface area contributed by atoms with E-state index in [2.05, 4.69) is 22.5 Å². The molecule has 1 unspecified atom stereocenters. The maximum absolute atomic E-state index is 12.6. The van der Waals surface area contributed by atoms with E-state index in [1.54, 1.807) is 7.11 Å². The second-order valence-corrected chi connectivity index (χ2v) is 8.03. The molecule has 0 spiro atoms. The lowest BCUT2D eigenvalue weighted by Crippen LogP contribution is -2.45. The van der Waals surface area contributed by atoms with Gasteiger partial charge in [0.1, 0.15) is 11.5 Å². The van der Waals surface area contributed by atoms with Crippen LogP contribution in [0.4, 0.5) is 0 Å². The van der Waals surface area contributed by atoms with Gasteiger partial charge in [-0.15, -0.1) is 0 Å². The minimum Gasteiger partial charge on any atom is -0.497 e. The summed E-state index contributed by atoms with van der Waals surface area (Å²) in [5.74, 6) is 3.10. The summed E-state index contributed by atoms with van der Waals surface area (Å²) >= 11 is 0. The number of ether oxygens (including phenoxy) is 2. The first kappa shape index (κ1) is 22.2. The number of hydrogen-bond acceptors (Lipinski definition) is 4. The highest BCUT2D eigenvalue weighted by atomic mass is 16.5. The Bertz CT molecular complexity index is 686. The van der Waals surface area contributed by atoms with E-state index in [0.717, 1.165) is 62.8 Å². The Labute approximate surface area is 180 Å². The molecule has 2 fully saturated rings. The summed E-state index contributed by atoms with van der Waals surface area (Å²) in [7, 11) is 1.65. The van der Waals surface area contributed by atoms with Gasteiger partial charge in [-0.1, -0.05) is 12.8 Å². The first-order valence-electron chi connectivity index (χ1n) is 11.3. The van der Waals surface area contributed by atoms with Crippen molar-refractivity contribution < 1.29 is 14.3 Å². The summed E-state index contributed by atoms with van der Waals surface area (Å²) in [5.41, 5.74) is 0. The van der Waals surface area contributed by atoms with Crippen molar-refractivity contribution in [1.29, 1.82) is 0 Å². The third-order valence-corrected chi connectivity index (χ3v) is 5.79. The number of nitrogens with zero attached hydrogens (tertiary/aromatic N) is 2. The number of benzene rings is 1. The molecule has 1 aromatic carbocycles. The van der Waals surface area contributed by atoms with E-state index in [4.69, 9.17) is 9.47 Å². The second kappa shape index (κ2) is 11.7. The van der Waals surface area contributed by atoms with Crippen LogP contribution in [0.5, 0.6) is 11.5 Å². The maximum Gasteiger partial charge on any atom is 0.225 e. The number of carbonyl (C=O) groups excluding carboxylic acids is 1. The minimum absolute atomic E-state index is 0.261. The van der Waals surface area contributed by atoms with Crippen molar-refractivity contribution in [2.45, 2.75) is 51.5 Å². The van der Waals surface area contributed by atoms with Crippen molar-refractivity contribution in [2.75, 3.05) is 39.9 Å². The van der Waals surface area contributed by atoms with Crippen LogP contribution in [0.15, 0.2) is 29.3 Å². The predicted octanol–water partition coefficient (Wildman–Crippen LogP) is 2.81. The zero-order chi connectivity index (χ0) is 21.2. The number of aliphatic imine (C=N–C) groups is 1. The van der Waals surface area contributed by atoms with E-state index >= 15 is 0 Å². The van der Waals surface area contributed by atoms with Gasteiger partial charge in [0.15, 0.2) is 5.96 Å². The standard InChI is InChI=1S/C23H36N4O3/c1-3-24-23(25-14-6-16-30-21-11-9-20(29-2)10-12-21)26-19-13-15-27(17-19)22(28)18-7-4-5-8-18/h9-12,18-19H,3-8,13-17H2,1-2H3,(H2,24,25,26). The molecular weight excluding hydrogens is 380 g/mol. The molecule has 1 heterocycles. The molecule has 30 heavy (non-hydrogen) atoms. The Hall–Kier alpha value is -2.44. The summed E-state index contributed by atoms with van der Waals surface area (Å²) in [6.45, 7) is 5.80. The van der Waals surface area contributed by atoms with Crippen LogP contribution in [0, 0.1) is 5.92 Å². The average Bonchev–Trinajstić information content (AvgIpc) is 3.46. The number of rotatable bonds is 9. The van der Waals surface area contributed by atoms with Crippen LogP contribution in [0.2, 0.25) is 0 Å². The Morgan fingerprint density at radius 2 is 1.90 bits per heavy atom. The molecule has 1 aliphatic heterocycles. The van der Waals surface area contributed by atoms with Gasteiger partial charge in [-0.2, -0.15) is 0 Å². The average molecular weight is 417 g/mol. The number of hydrogen-bond donors (Lipinski definition) is 2. The lowest BCUT2D eigenvalue weighted by molar-refractivity contribution is -0.134. The van der Waals surface area contributed by atoms with Gasteiger partial charge in [0.2, 0.25) is 5.91 Å². The van der Waals surface area contributed by atoms with Gasteiger partial charge >= 0.3 is 0 Å². The normalized spacial score (nSPS) is 19.7. The summed E-state index contributed by atoms with van der Waals surface area (Å²) in [4.78, 5) is 19.3. The summed E-state index contributed by atoms with van der Waals surface area (Å²) in [5, 5.41) is 6.81. The fraction of sp³-hybridized carbons (Fsp3) is 0.652. The van der Waals surface area contributed by atoms with Gasteiger partial charge in [-0.05, 0) is 50.5 Å². The van der Waals surface area contributed by atoms with Crippen molar-refractivity contribution in [3.8, 4) is 11.5 Å². The Balaban J connectivity index is 1.39. The highest BCUT2D eigenvalue weighted by Crippen LogP contribution is 2.27. The van der Waals surface area contributed by atoms with E-state index in [1.165, 1.54) is 12.8 Å². The van der Waals surface area contributed by atoms with Gasteiger partial charge in [-0.3, -0.25) is 9.79 Å². The molecule has 2 aliphatic rings. The van der Waals surface area contributed by atoms with Crippen molar-refractivity contribution in [1.82, 2.24) is 15.5 Å². The fourth-order valence-electron chi connectivity index (χ4n) is 4.14. The Morgan fingerprint density at radius 3 is 2.60 bits per heavy atom. The van der Waals surface area contributed by atoms with Crippen LogP contribution in [-0.4, -0.2) is 62.7 Å². The van der Waals surface area contributed by atoms with Crippen LogP contribution in [-0.2, 0) is 4.79 Å². The molecule has 3 rings (SSSR count). The number of likely N-dealkylation sites (tertiary alicyclic amines) is 1. The van der Waals surface area contributed by atoms with Gasteiger partial charge in [-0.25, -0.2) is 0 Å². The molecule has 0 radical (unpaired) electrons. The monoisotopic (exact) mass is 416 g/mol. The van der Waals surface area contributed by atoms with E-state index in [9.17, 15) is 4.79 Å². The molecular formula is C23H36N4O3. The highest BCUT2D eigenvalue weighted by molar-refractivity contribution is 5.81. The first-order valence-corrected chi connectivity index (χ1v) is 11.3. The number of nitrogens with one attached hydrogen (secondary N) is 2. The van der Waals surface area contributed by atoms with E-state index in [-0.39, 0.29) is 12.0 Å². The van der Waals surface area contributed by atoms with Crippen molar-refractivity contribution in [2.24, 2.45) is 10.9 Å². The van der Waals surface area contributed by atoms with Crippen LogP contribution in [0.25, 0.3) is 0 Å². The van der Waals surface area contributed by atoms with Gasteiger partial charge in [0, 0.05) is 44.6 Å². The Kier molecular flexibility index (Phi) is 8.66. The number of carbonyl (C=O) groups is 1. The largest absolute Gasteiger partial charge is 0.497 e. The smallest absolute Gasteiger partial charge is 0.225 e. The summed E-state index contributed by atoms with van der Waals surface area (Å²) < 4.78 is 10.9. The third-order valence-electron chi connectivity index (χ3n) is 5.79. The molecule has 1 aliphatic carbocycles. The molecule has 1 amide bonds.